The number of carbonyl (C=O) groups is 2. The molecule has 0 saturated carbocycles. The molecule has 0 aliphatic carbocycles. The van der Waals surface area contributed by atoms with E-state index in [9.17, 15) is 25.2 Å². The number of nitrogen functional groups attached to an aromatic ring is 1. The Morgan fingerprint density at radius 2 is 1.94 bits per heavy atom. The Hall–Kier alpha value is -4.62. The van der Waals surface area contributed by atoms with Crippen molar-refractivity contribution in [3.8, 4) is 29.3 Å². The number of carbonyl (C=O) groups excluding carboxylic acids is 2. The van der Waals surface area contributed by atoms with E-state index in [1.165, 1.54) is 19.2 Å². The van der Waals surface area contributed by atoms with Crippen LogP contribution in [0.25, 0.3) is 11.3 Å². The number of hydrogen-bond donors (Lipinski definition) is 3. The number of pyridine rings is 1. The molecule has 0 saturated heterocycles. The summed E-state index contributed by atoms with van der Waals surface area (Å²) in [5.41, 5.74) is 11.0. The van der Waals surface area contributed by atoms with Gasteiger partial charge in [0.1, 0.15) is 28.5 Å². The fourth-order valence-corrected chi connectivity index (χ4v) is 3.88. The second kappa shape index (κ2) is 9.25. The molecular formula is C20H16N8O4S. The summed E-state index contributed by atoms with van der Waals surface area (Å²) in [6, 6.07) is 9.99. The van der Waals surface area contributed by atoms with Gasteiger partial charge in [0.05, 0.1) is 32.9 Å². The molecule has 2 aromatic heterocycles. The van der Waals surface area contributed by atoms with Crippen LogP contribution in [0.3, 0.4) is 0 Å². The number of nitrogens with zero attached hydrogens (tertiary/aromatic N) is 5. The highest BCUT2D eigenvalue weighted by Gasteiger charge is 2.30. The molecule has 0 spiro atoms. The zero-order valence-electron chi connectivity index (χ0n) is 17.3. The van der Waals surface area contributed by atoms with Crippen LogP contribution in [0.4, 0.5) is 11.5 Å². The normalized spacial score (nSPS) is 11.3. The van der Waals surface area contributed by atoms with Gasteiger partial charge in [-0.05, 0) is 19.1 Å². The van der Waals surface area contributed by atoms with E-state index >= 15 is 0 Å². The summed E-state index contributed by atoms with van der Waals surface area (Å²) >= 11 is 0.879. The molecule has 0 aliphatic rings. The van der Waals surface area contributed by atoms with Crippen molar-refractivity contribution in [1.82, 2.24) is 10.3 Å². The van der Waals surface area contributed by atoms with Crippen LogP contribution in [-0.2, 0) is 11.8 Å². The second-order valence-corrected chi connectivity index (χ2v) is 7.97. The SMILES string of the molecule is CC(Sc1nc(N)c(C#N)c(-c2c([O-])on[n+]2C)c1C#N)C(=O)Nc1ccccc1C(N)=O. The van der Waals surface area contributed by atoms with Gasteiger partial charge in [-0.15, -0.1) is 0 Å². The fourth-order valence-electron chi connectivity index (χ4n) is 2.96. The number of benzene rings is 1. The van der Waals surface area contributed by atoms with Gasteiger partial charge in [-0.3, -0.25) is 9.59 Å². The maximum Gasteiger partial charge on any atom is 0.266 e. The van der Waals surface area contributed by atoms with E-state index in [1.807, 2.05) is 12.1 Å². The van der Waals surface area contributed by atoms with Gasteiger partial charge in [-0.2, -0.15) is 10.5 Å². The summed E-state index contributed by atoms with van der Waals surface area (Å²) in [5.74, 6) is -2.33. The maximum absolute atomic E-state index is 12.8. The highest BCUT2D eigenvalue weighted by atomic mass is 32.2. The number of nitrogens with two attached hydrogens (primary N) is 2. The number of aryl methyl sites for hydroxylation is 1. The highest BCUT2D eigenvalue weighted by molar-refractivity contribution is 8.00. The number of anilines is 2. The molecule has 0 bridgehead atoms. The number of nitriles is 2. The van der Waals surface area contributed by atoms with Crippen LogP contribution in [0.5, 0.6) is 5.95 Å². The third-order valence-electron chi connectivity index (χ3n) is 4.52. The zero-order valence-corrected chi connectivity index (χ0v) is 18.1. The van der Waals surface area contributed by atoms with E-state index in [0.29, 0.717) is 0 Å². The minimum Gasteiger partial charge on any atom is -0.539 e. The first-order valence-corrected chi connectivity index (χ1v) is 10.1. The van der Waals surface area contributed by atoms with Gasteiger partial charge < -0.3 is 26.4 Å². The lowest BCUT2D eigenvalue weighted by Crippen LogP contribution is -2.32. The minimum atomic E-state index is -0.874. The van der Waals surface area contributed by atoms with Crippen molar-refractivity contribution in [2.24, 2.45) is 12.8 Å². The lowest BCUT2D eigenvalue weighted by Gasteiger charge is -2.15. The van der Waals surface area contributed by atoms with Crippen LogP contribution >= 0.6 is 11.8 Å². The van der Waals surface area contributed by atoms with Crippen molar-refractivity contribution >= 4 is 35.1 Å². The Morgan fingerprint density at radius 3 is 2.52 bits per heavy atom. The Bertz CT molecular complexity index is 1340. The summed E-state index contributed by atoms with van der Waals surface area (Å²) < 4.78 is 5.69. The number of primary amides is 1. The van der Waals surface area contributed by atoms with Crippen molar-refractivity contribution in [2.75, 3.05) is 11.1 Å². The number of aromatic nitrogens is 3. The molecule has 3 aromatic rings. The van der Waals surface area contributed by atoms with E-state index in [2.05, 4.69) is 20.1 Å². The molecule has 1 aromatic carbocycles. The van der Waals surface area contributed by atoms with Gasteiger partial charge in [0.2, 0.25) is 5.91 Å². The topological polar surface area (TPSA) is 212 Å². The number of thioether (sulfide) groups is 1. The molecule has 1 atom stereocenters. The molecule has 166 valence electrons. The molecular weight excluding hydrogens is 448 g/mol. The minimum absolute atomic E-state index is 0.0236. The van der Waals surface area contributed by atoms with Gasteiger partial charge in [0, 0.05) is 0 Å². The van der Waals surface area contributed by atoms with Gasteiger partial charge in [0.25, 0.3) is 11.6 Å². The Labute approximate surface area is 191 Å². The van der Waals surface area contributed by atoms with Gasteiger partial charge in [-0.1, -0.05) is 28.6 Å². The third kappa shape index (κ3) is 4.39. The van der Waals surface area contributed by atoms with Crippen LogP contribution in [0.1, 0.15) is 28.4 Å². The average Bonchev–Trinajstić information content (AvgIpc) is 3.11. The fraction of sp³-hybridized carbons (Fsp3) is 0.150. The van der Waals surface area contributed by atoms with E-state index in [1.54, 1.807) is 19.1 Å². The molecule has 0 radical (unpaired) electrons. The molecule has 3 rings (SSSR count). The Morgan fingerprint density at radius 1 is 1.27 bits per heavy atom. The molecule has 12 nitrogen and oxygen atoms in total. The first kappa shape index (κ1) is 23.1. The average molecular weight is 464 g/mol. The number of hydrogen-bond acceptors (Lipinski definition) is 10. The standard InChI is InChI=1S/C20H16N8O4S/c1-9(18(30)25-13-6-4-3-5-10(13)17(24)29)33-19-12(8-22)14(11(7-21)16(23)26-19)15-20(31)32-27-28(15)2/h3-6,9H,1-2H3,(H5-,23,24,25,26,27,29,30,31). The Balaban J connectivity index is 2.01. The number of amides is 2. The van der Waals surface area contributed by atoms with Crippen molar-refractivity contribution < 1.29 is 23.9 Å². The summed E-state index contributed by atoms with van der Waals surface area (Å²) in [7, 11) is 1.40. The quantitative estimate of drug-likeness (QED) is 0.332. The van der Waals surface area contributed by atoms with Crippen molar-refractivity contribution in [1.29, 1.82) is 10.5 Å². The predicted octanol–water partition coefficient (Wildman–Crippen LogP) is 0.178. The van der Waals surface area contributed by atoms with E-state index in [0.717, 1.165) is 16.4 Å². The molecule has 0 fully saturated rings. The lowest BCUT2D eigenvalue weighted by atomic mass is 10.0. The third-order valence-corrected chi connectivity index (χ3v) is 5.61. The van der Waals surface area contributed by atoms with Crippen LogP contribution < -0.4 is 26.6 Å². The van der Waals surface area contributed by atoms with E-state index in [4.69, 9.17) is 11.5 Å². The molecule has 1 unspecified atom stereocenters. The largest absolute Gasteiger partial charge is 0.539 e. The molecule has 33 heavy (non-hydrogen) atoms. The highest BCUT2D eigenvalue weighted by Crippen LogP contribution is 2.38. The summed E-state index contributed by atoms with van der Waals surface area (Å²) in [6.07, 6.45) is 0. The van der Waals surface area contributed by atoms with Gasteiger partial charge in [-0.25, -0.2) is 4.98 Å². The van der Waals surface area contributed by atoms with Crippen LogP contribution in [0.2, 0.25) is 0 Å². The monoisotopic (exact) mass is 464 g/mol. The molecule has 13 heteroatoms. The maximum atomic E-state index is 12.8. The van der Waals surface area contributed by atoms with Crippen LogP contribution in [0.15, 0.2) is 33.8 Å². The summed E-state index contributed by atoms with van der Waals surface area (Å²) in [6.45, 7) is 1.54. The number of nitrogens with one attached hydrogen (secondary N) is 1. The summed E-state index contributed by atoms with van der Waals surface area (Å²) in [5, 5.41) is 36.8. The number of para-hydroxylation sites is 1. The number of rotatable bonds is 6. The van der Waals surface area contributed by atoms with Crippen LogP contribution in [0, 0.1) is 22.7 Å². The van der Waals surface area contributed by atoms with Crippen molar-refractivity contribution in [3.05, 3.63) is 41.0 Å². The molecule has 2 amide bonds. The molecule has 0 aliphatic heterocycles. The predicted molar refractivity (Wildman–Crippen MR) is 113 cm³/mol. The first-order chi connectivity index (χ1) is 15.7. The molecule has 2 heterocycles. The zero-order chi connectivity index (χ0) is 24.3. The van der Waals surface area contributed by atoms with E-state index < -0.39 is 23.0 Å². The molecule has 5 N–H and O–H groups in total. The van der Waals surface area contributed by atoms with E-state index in [-0.39, 0.29) is 44.5 Å². The first-order valence-electron chi connectivity index (χ1n) is 9.22. The smallest absolute Gasteiger partial charge is 0.266 e. The Kier molecular flexibility index (Phi) is 6.46. The van der Waals surface area contributed by atoms with Gasteiger partial charge >= 0.3 is 0 Å². The summed E-state index contributed by atoms with van der Waals surface area (Å²) in [4.78, 5) is 28.5. The van der Waals surface area contributed by atoms with Crippen LogP contribution in [-0.4, -0.2) is 27.3 Å². The lowest BCUT2D eigenvalue weighted by molar-refractivity contribution is -0.730. The van der Waals surface area contributed by atoms with Crippen molar-refractivity contribution in [3.63, 3.8) is 0 Å². The van der Waals surface area contributed by atoms with Crippen molar-refractivity contribution in [2.45, 2.75) is 17.2 Å². The van der Waals surface area contributed by atoms with Gasteiger partial charge in [0.15, 0.2) is 13.0 Å². The second-order valence-electron chi connectivity index (χ2n) is 6.64.